The van der Waals surface area contributed by atoms with Crippen molar-refractivity contribution in [2.45, 2.75) is 39.3 Å². The molecule has 2 aliphatic rings. The summed E-state index contributed by atoms with van der Waals surface area (Å²) in [5, 5.41) is 3.69. The first-order valence-electron chi connectivity index (χ1n) is 7.75. The van der Waals surface area contributed by atoms with Crippen LogP contribution in [-0.2, 0) is 0 Å². The van der Waals surface area contributed by atoms with Gasteiger partial charge in [-0.1, -0.05) is 20.3 Å². The average Bonchev–Trinajstić information content (AvgIpc) is 2.45. The third kappa shape index (κ3) is 3.92. The Labute approximate surface area is 112 Å². The zero-order valence-electron chi connectivity index (χ0n) is 12.2. The maximum Gasteiger partial charge on any atom is 0.0739 e. The van der Waals surface area contributed by atoms with Crippen molar-refractivity contribution in [3.63, 3.8) is 0 Å². The minimum atomic E-state index is 0.572. The molecule has 0 aromatic carbocycles. The maximum atomic E-state index is 3.69. The molecule has 1 unspecified atom stereocenters. The van der Waals surface area contributed by atoms with Crippen LogP contribution in [0.1, 0.15) is 33.1 Å². The molecule has 0 aromatic rings. The molecule has 2 saturated heterocycles. The molecule has 0 aromatic heterocycles. The second-order valence-corrected chi connectivity index (χ2v) is 5.64. The summed E-state index contributed by atoms with van der Waals surface area (Å²) < 4.78 is 0. The first-order chi connectivity index (χ1) is 8.83. The average molecular weight is 254 g/mol. The van der Waals surface area contributed by atoms with Gasteiger partial charge in [-0.3, -0.25) is 20.0 Å². The molecule has 106 valence electrons. The Morgan fingerprint density at radius 1 is 1.11 bits per heavy atom. The second kappa shape index (κ2) is 7.43. The zero-order valence-corrected chi connectivity index (χ0v) is 12.2. The molecule has 0 bridgehead atoms. The summed E-state index contributed by atoms with van der Waals surface area (Å²) in [5.74, 6) is 0. The fourth-order valence-electron chi connectivity index (χ4n) is 3.04. The van der Waals surface area contributed by atoms with Crippen molar-refractivity contribution < 1.29 is 0 Å². The molecule has 2 aliphatic heterocycles. The van der Waals surface area contributed by atoms with Crippen molar-refractivity contribution in [3.05, 3.63) is 0 Å². The van der Waals surface area contributed by atoms with E-state index in [0.29, 0.717) is 6.17 Å². The van der Waals surface area contributed by atoms with Crippen LogP contribution in [0, 0.1) is 0 Å². The topological polar surface area (TPSA) is 21.8 Å². The third-order valence-electron chi connectivity index (χ3n) is 4.26. The molecule has 1 atom stereocenters. The fourth-order valence-corrected chi connectivity index (χ4v) is 3.04. The van der Waals surface area contributed by atoms with Gasteiger partial charge >= 0.3 is 0 Å². The standard InChI is InChI=1S/C14H30N4/c1-3-5-8-17-9-6-10-18(13-17)14-12-16(4-2)11-7-15-14/h14-15H,3-13H2,1-2H3. The van der Waals surface area contributed by atoms with Gasteiger partial charge in [0.2, 0.25) is 0 Å². The third-order valence-corrected chi connectivity index (χ3v) is 4.26. The number of unbranched alkanes of at least 4 members (excludes halogenated alkanes) is 1. The van der Waals surface area contributed by atoms with Gasteiger partial charge < -0.3 is 0 Å². The SMILES string of the molecule is CCCCN1CCCN(C2CN(CC)CCN2)C1. The van der Waals surface area contributed by atoms with Crippen LogP contribution in [-0.4, -0.2) is 73.3 Å². The highest BCUT2D eigenvalue weighted by molar-refractivity contribution is 4.81. The Kier molecular flexibility index (Phi) is 5.89. The molecule has 0 aliphatic carbocycles. The Morgan fingerprint density at radius 3 is 2.78 bits per heavy atom. The number of piperazine rings is 1. The summed E-state index contributed by atoms with van der Waals surface area (Å²) >= 11 is 0. The smallest absolute Gasteiger partial charge is 0.0739 e. The zero-order chi connectivity index (χ0) is 12.8. The van der Waals surface area contributed by atoms with E-state index in [1.807, 2.05) is 0 Å². The minimum absolute atomic E-state index is 0.572. The van der Waals surface area contributed by atoms with E-state index in [4.69, 9.17) is 0 Å². The molecule has 2 fully saturated rings. The normalized spacial score (nSPS) is 28.7. The van der Waals surface area contributed by atoms with Gasteiger partial charge in [0.25, 0.3) is 0 Å². The van der Waals surface area contributed by atoms with Gasteiger partial charge in [0, 0.05) is 32.7 Å². The largest absolute Gasteiger partial charge is 0.299 e. The van der Waals surface area contributed by atoms with Gasteiger partial charge in [-0.2, -0.15) is 0 Å². The van der Waals surface area contributed by atoms with E-state index in [1.165, 1.54) is 58.5 Å². The number of rotatable bonds is 5. The Balaban J connectivity index is 1.80. The van der Waals surface area contributed by atoms with Crippen LogP contribution < -0.4 is 5.32 Å². The number of nitrogens with zero attached hydrogens (tertiary/aromatic N) is 3. The molecular formula is C14H30N4. The number of nitrogens with one attached hydrogen (secondary N) is 1. The Morgan fingerprint density at radius 2 is 2.00 bits per heavy atom. The van der Waals surface area contributed by atoms with Crippen LogP contribution in [0.5, 0.6) is 0 Å². The van der Waals surface area contributed by atoms with Gasteiger partial charge in [0.1, 0.15) is 0 Å². The molecule has 1 N–H and O–H groups in total. The second-order valence-electron chi connectivity index (χ2n) is 5.64. The molecule has 0 spiro atoms. The number of likely N-dealkylation sites (N-methyl/N-ethyl adjacent to an activating group) is 1. The van der Waals surface area contributed by atoms with Gasteiger partial charge in [-0.05, 0) is 25.9 Å². The Bertz CT molecular complexity index is 234. The van der Waals surface area contributed by atoms with E-state index in [1.54, 1.807) is 0 Å². The molecule has 4 nitrogen and oxygen atoms in total. The lowest BCUT2D eigenvalue weighted by atomic mass is 10.2. The number of hydrogen-bond donors (Lipinski definition) is 1. The molecule has 2 rings (SSSR count). The lowest BCUT2D eigenvalue weighted by Crippen LogP contribution is -2.61. The molecule has 0 radical (unpaired) electrons. The van der Waals surface area contributed by atoms with Crippen molar-refractivity contribution in [1.29, 1.82) is 0 Å². The molecule has 4 heteroatoms. The lowest BCUT2D eigenvalue weighted by molar-refractivity contribution is 0.0107. The molecule has 0 amide bonds. The van der Waals surface area contributed by atoms with Crippen LogP contribution in [0.3, 0.4) is 0 Å². The van der Waals surface area contributed by atoms with Gasteiger partial charge in [-0.15, -0.1) is 0 Å². The van der Waals surface area contributed by atoms with E-state index in [0.717, 1.165) is 13.2 Å². The summed E-state index contributed by atoms with van der Waals surface area (Å²) in [5.41, 5.74) is 0. The van der Waals surface area contributed by atoms with Crippen molar-refractivity contribution in [3.8, 4) is 0 Å². The fraction of sp³-hybridized carbons (Fsp3) is 1.00. The highest BCUT2D eigenvalue weighted by atomic mass is 15.4. The van der Waals surface area contributed by atoms with E-state index in [2.05, 4.69) is 33.9 Å². The molecule has 0 saturated carbocycles. The van der Waals surface area contributed by atoms with Crippen LogP contribution >= 0.6 is 0 Å². The van der Waals surface area contributed by atoms with Crippen LogP contribution in [0.25, 0.3) is 0 Å². The van der Waals surface area contributed by atoms with Crippen molar-refractivity contribution >= 4 is 0 Å². The highest BCUT2D eigenvalue weighted by Crippen LogP contribution is 2.12. The van der Waals surface area contributed by atoms with Gasteiger partial charge in [0.15, 0.2) is 0 Å². The number of hydrogen-bond acceptors (Lipinski definition) is 4. The maximum absolute atomic E-state index is 3.69. The van der Waals surface area contributed by atoms with E-state index >= 15 is 0 Å². The quantitative estimate of drug-likeness (QED) is 0.790. The summed E-state index contributed by atoms with van der Waals surface area (Å²) in [7, 11) is 0. The van der Waals surface area contributed by atoms with Crippen LogP contribution in [0.15, 0.2) is 0 Å². The summed E-state index contributed by atoms with van der Waals surface area (Å²) in [4.78, 5) is 7.83. The Hall–Kier alpha value is -0.160. The van der Waals surface area contributed by atoms with Crippen molar-refractivity contribution in [1.82, 2.24) is 20.0 Å². The van der Waals surface area contributed by atoms with E-state index < -0.39 is 0 Å². The van der Waals surface area contributed by atoms with Crippen molar-refractivity contribution in [2.75, 3.05) is 52.5 Å². The first-order valence-corrected chi connectivity index (χ1v) is 7.75. The van der Waals surface area contributed by atoms with E-state index in [-0.39, 0.29) is 0 Å². The highest BCUT2D eigenvalue weighted by Gasteiger charge is 2.27. The molecule has 2 heterocycles. The molecule has 18 heavy (non-hydrogen) atoms. The van der Waals surface area contributed by atoms with Gasteiger partial charge in [-0.25, -0.2) is 0 Å². The van der Waals surface area contributed by atoms with Crippen LogP contribution in [0.4, 0.5) is 0 Å². The van der Waals surface area contributed by atoms with Gasteiger partial charge in [0.05, 0.1) is 12.8 Å². The summed E-state index contributed by atoms with van der Waals surface area (Å²) in [6.07, 6.45) is 4.55. The lowest BCUT2D eigenvalue weighted by Gasteiger charge is -2.44. The monoisotopic (exact) mass is 254 g/mol. The first kappa shape index (κ1) is 14.3. The predicted octanol–water partition coefficient (Wildman–Crippen LogP) is 1.00. The molecular weight excluding hydrogens is 224 g/mol. The minimum Gasteiger partial charge on any atom is -0.299 e. The summed E-state index contributed by atoms with van der Waals surface area (Å²) in [6, 6.07) is 0. The van der Waals surface area contributed by atoms with Crippen LogP contribution in [0.2, 0.25) is 0 Å². The van der Waals surface area contributed by atoms with Crippen molar-refractivity contribution in [2.24, 2.45) is 0 Å². The van der Waals surface area contributed by atoms with E-state index in [9.17, 15) is 0 Å². The summed E-state index contributed by atoms with van der Waals surface area (Å²) in [6.45, 7) is 14.3. The predicted molar refractivity (Wildman–Crippen MR) is 76.6 cm³/mol.